The summed E-state index contributed by atoms with van der Waals surface area (Å²) in [5, 5.41) is 10.4. The van der Waals surface area contributed by atoms with Crippen molar-refractivity contribution >= 4 is 27.2 Å². The fraction of sp³-hybridized carbons (Fsp3) is 0.190. The van der Waals surface area contributed by atoms with Gasteiger partial charge in [0.15, 0.2) is 15.6 Å². The van der Waals surface area contributed by atoms with Gasteiger partial charge in [0.25, 0.3) is 0 Å². The first kappa shape index (κ1) is 20.0. The zero-order valence-electron chi connectivity index (χ0n) is 15.2. The first-order valence-electron chi connectivity index (χ1n) is 8.74. The largest absolute Gasteiger partial charge is 0.439 e. The fourth-order valence-electron chi connectivity index (χ4n) is 3.22. The number of halogens is 1. The SMILES string of the molecule is CCCS(=O)(=O)C1=C(N)OC(c2ccccc2)=C(C#N)C1c1ccc(Cl)cc1. The summed E-state index contributed by atoms with van der Waals surface area (Å²) < 4.78 is 31.7. The van der Waals surface area contributed by atoms with Gasteiger partial charge in [0.05, 0.1) is 23.3 Å². The lowest BCUT2D eigenvalue weighted by molar-refractivity contribution is 0.358. The topological polar surface area (TPSA) is 93.2 Å². The second-order valence-corrected chi connectivity index (χ2v) is 8.87. The molecule has 3 rings (SSSR count). The third-order valence-corrected chi connectivity index (χ3v) is 6.72. The Hall–Kier alpha value is -2.75. The summed E-state index contributed by atoms with van der Waals surface area (Å²) in [5.41, 5.74) is 7.55. The third kappa shape index (κ3) is 3.77. The number of hydrogen-bond acceptors (Lipinski definition) is 5. The first-order chi connectivity index (χ1) is 13.4. The second kappa shape index (κ2) is 8.09. The molecular weight excluding hydrogens is 396 g/mol. The van der Waals surface area contributed by atoms with Crippen molar-refractivity contribution < 1.29 is 13.2 Å². The molecule has 2 aromatic carbocycles. The molecule has 1 aliphatic rings. The van der Waals surface area contributed by atoms with Crippen LogP contribution in [0.3, 0.4) is 0 Å². The highest BCUT2D eigenvalue weighted by Gasteiger charge is 2.39. The number of sulfone groups is 1. The van der Waals surface area contributed by atoms with Crippen LogP contribution in [-0.4, -0.2) is 14.2 Å². The summed E-state index contributed by atoms with van der Waals surface area (Å²) in [6, 6.07) is 17.9. The molecule has 1 unspecified atom stereocenters. The molecule has 0 radical (unpaired) electrons. The Morgan fingerprint density at radius 3 is 2.36 bits per heavy atom. The van der Waals surface area contributed by atoms with Gasteiger partial charge >= 0.3 is 0 Å². The smallest absolute Gasteiger partial charge is 0.206 e. The van der Waals surface area contributed by atoms with Crippen LogP contribution in [0.5, 0.6) is 0 Å². The Balaban J connectivity index is 2.28. The minimum atomic E-state index is -3.73. The molecule has 1 aliphatic heterocycles. The van der Waals surface area contributed by atoms with Crippen molar-refractivity contribution in [2.75, 3.05) is 5.75 Å². The Morgan fingerprint density at radius 1 is 1.14 bits per heavy atom. The van der Waals surface area contributed by atoms with Crippen molar-refractivity contribution in [3.05, 3.63) is 87.1 Å². The van der Waals surface area contributed by atoms with Gasteiger partial charge in [0.1, 0.15) is 4.91 Å². The number of hydrogen-bond donors (Lipinski definition) is 1. The van der Waals surface area contributed by atoms with Gasteiger partial charge in [-0.2, -0.15) is 5.26 Å². The van der Waals surface area contributed by atoms with E-state index in [-0.39, 0.29) is 27.9 Å². The minimum absolute atomic E-state index is 0.0760. The van der Waals surface area contributed by atoms with Crippen LogP contribution in [0.25, 0.3) is 5.76 Å². The maximum atomic E-state index is 13.0. The molecule has 5 nitrogen and oxygen atoms in total. The number of nitriles is 1. The molecule has 0 amide bonds. The highest BCUT2D eigenvalue weighted by atomic mass is 35.5. The lowest BCUT2D eigenvalue weighted by atomic mass is 9.87. The van der Waals surface area contributed by atoms with Crippen LogP contribution < -0.4 is 5.73 Å². The molecule has 0 bridgehead atoms. The molecule has 1 atom stereocenters. The van der Waals surface area contributed by atoms with Crippen molar-refractivity contribution in [1.82, 2.24) is 0 Å². The average Bonchev–Trinajstić information content (AvgIpc) is 2.68. The molecule has 7 heteroatoms. The van der Waals surface area contributed by atoms with E-state index in [0.717, 1.165) is 0 Å². The van der Waals surface area contributed by atoms with E-state index in [9.17, 15) is 13.7 Å². The molecule has 0 saturated carbocycles. The standard InChI is InChI=1S/C21H19ClN2O3S/c1-2-12-28(25,26)20-18(14-8-10-16(22)11-9-14)17(13-23)19(27-21(20)24)15-6-4-3-5-7-15/h3-11,18H,2,12,24H2,1H3. The summed E-state index contributed by atoms with van der Waals surface area (Å²) in [7, 11) is -3.73. The van der Waals surface area contributed by atoms with Crippen LogP contribution in [0.2, 0.25) is 5.02 Å². The van der Waals surface area contributed by atoms with E-state index >= 15 is 0 Å². The Labute approximate surface area is 169 Å². The number of rotatable bonds is 5. The monoisotopic (exact) mass is 414 g/mol. The quantitative estimate of drug-likeness (QED) is 0.785. The van der Waals surface area contributed by atoms with Gasteiger partial charge in [-0.15, -0.1) is 0 Å². The van der Waals surface area contributed by atoms with Crippen LogP contribution in [0.1, 0.15) is 30.4 Å². The van der Waals surface area contributed by atoms with E-state index in [1.165, 1.54) is 0 Å². The normalized spacial score (nSPS) is 17.2. The maximum Gasteiger partial charge on any atom is 0.206 e. The van der Waals surface area contributed by atoms with Gasteiger partial charge in [0.2, 0.25) is 5.88 Å². The van der Waals surface area contributed by atoms with Gasteiger partial charge in [-0.25, -0.2) is 8.42 Å². The Kier molecular flexibility index (Phi) is 5.78. The molecular formula is C21H19ClN2O3S. The van der Waals surface area contributed by atoms with Gasteiger partial charge in [-0.05, 0) is 24.1 Å². The summed E-state index contributed by atoms with van der Waals surface area (Å²) in [5.74, 6) is -0.888. The van der Waals surface area contributed by atoms with Crippen LogP contribution in [0, 0.1) is 11.3 Å². The van der Waals surface area contributed by atoms with E-state index < -0.39 is 15.8 Å². The van der Waals surface area contributed by atoms with Crippen LogP contribution in [0.15, 0.2) is 71.0 Å². The number of benzene rings is 2. The number of nitrogens with two attached hydrogens (primary N) is 1. The molecule has 0 aliphatic carbocycles. The average molecular weight is 415 g/mol. The second-order valence-electron chi connectivity index (χ2n) is 6.35. The summed E-state index contributed by atoms with van der Waals surface area (Å²) in [6.07, 6.45) is 0.420. The highest BCUT2D eigenvalue weighted by Crippen LogP contribution is 2.44. The van der Waals surface area contributed by atoms with Crippen LogP contribution >= 0.6 is 11.6 Å². The number of allylic oxidation sites excluding steroid dienone is 2. The zero-order chi connectivity index (χ0) is 20.3. The van der Waals surface area contributed by atoms with E-state index in [4.69, 9.17) is 22.1 Å². The van der Waals surface area contributed by atoms with Crippen molar-refractivity contribution in [2.24, 2.45) is 5.73 Å². The highest BCUT2D eigenvalue weighted by molar-refractivity contribution is 7.95. The van der Waals surface area contributed by atoms with Crippen molar-refractivity contribution in [3.63, 3.8) is 0 Å². The van der Waals surface area contributed by atoms with E-state index in [1.54, 1.807) is 55.5 Å². The number of ether oxygens (including phenoxy) is 1. The van der Waals surface area contributed by atoms with E-state index in [0.29, 0.717) is 22.6 Å². The van der Waals surface area contributed by atoms with Crippen molar-refractivity contribution in [2.45, 2.75) is 19.3 Å². The molecule has 28 heavy (non-hydrogen) atoms. The van der Waals surface area contributed by atoms with Crippen LogP contribution in [0.4, 0.5) is 0 Å². The Bertz CT molecular complexity index is 1080. The minimum Gasteiger partial charge on any atom is -0.439 e. The lowest BCUT2D eigenvalue weighted by Gasteiger charge is -2.29. The van der Waals surface area contributed by atoms with Crippen LogP contribution in [-0.2, 0) is 14.6 Å². The van der Waals surface area contributed by atoms with Gasteiger partial charge < -0.3 is 10.5 Å². The van der Waals surface area contributed by atoms with E-state index in [1.807, 2.05) is 6.07 Å². The zero-order valence-corrected chi connectivity index (χ0v) is 16.8. The fourth-order valence-corrected chi connectivity index (χ4v) is 5.07. The predicted molar refractivity (Wildman–Crippen MR) is 110 cm³/mol. The summed E-state index contributed by atoms with van der Waals surface area (Å²) in [4.78, 5) is -0.0760. The summed E-state index contributed by atoms with van der Waals surface area (Å²) >= 11 is 5.99. The van der Waals surface area contributed by atoms with Gasteiger partial charge in [-0.3, -0.25) is 0 Å². The molecule has 1 heterocycles. The summed E-state index contributed by atoms with van der Waals surface area (Å²) in [6.45, 7) is 1.77. The van der Waals surface area contributed by atoms with Gasteiger partial charge in [-0.1, -0.05) is 61.0 Å². The molecule has 2 N–H and O–H groups in total. The molecule has 0 fully saturated rings. The van der Waals surface area contributed by atoms with Crippen molar-refractivity contribution in [3.8, 4) is 6.07 Å². The molecule has 144 valence electrons. The maximum absolute atomic E-state index is 13.0. The lowest BCUT2D eigenvalue weighted by Crippen LogP contribution is -2.26. The first-order valence-corrected chi connectivity index (χ1v) is 10.8. The molecule has 0 saturated heterocycles. The molecule has 0 aromatic heterocycles. The number of nitrogens with zero attached hydrogens (tertiary/aromatic N) is 1. The third-order valence-electron chi connectivity index (χ3n) is 4.42. The van der Waals surface area contributed by atoms with Gasteiger partial charge in [0, 0.05) is 10.6 Å². The predicted octanol–water partition coefficient (Wildman–Crippen LogP) is 4.34. The Morgan fingerprint density at radius 2 is 1.79 bits per heavy atom. The van der Waals surface area contributed by atoms with Crippen molar-refractivity contribution in [1.29, 1.82) is 5.26 Å². The molecule has 0 spiro atoms. The van der Waals surface area contributed by atoms with E-state index in [2.05, 4.69) is 6.07 Å². The molecule has 2 aromatic rings.